The minimum Gasteiger partial charge on any atom is -0.456 e. The van der Waals surface area contributed by atoms with Crippen molar-refractivity contribution in [3.05, 3.63) is 48.2 Å². The van der Waals surface area contributed by atoms with Crippen LogP contribution in [0.3, 0.4) is 0 Å². The number of hydrogen-bond acceptors (Lipinski definition) is 1. The summed E-state index contributed by atoms with van der Waals surface area (Å²) >= 11 is 0. The molecule has 20 heavy (non-hydrogen) atoms. The Morgan fingerprint density at radius 3 is 2.30 bits per heavy atom. The molecule has 0 unspecified atom stereocenters. The Balaban J connectivity index is 0.000000829. The van der Waals surface area contributed by atoms with Crippen molar-refractivity contribution in [1.29, 1.82) is 0 Å². The zero-order valence-corrected chi connectivity index (χ0v) is 13.8. The highest BCUT2D eigenvalue weighted by molar-refractivity contribution is 5.92. The summed E-state index contributed by atoms with van der Waals surface area (Å²) in [5.74, 6) is 0.943. The second-order valence-corrected chi connectivity index (χ2v) is 3.84. The molecule has 2 rings (SSSR count). The van der Waals surface area contributed by atoms with E-state index in [0.29, 0.717) is 0 Å². The highest BCUT2D eigenvalue weighted by Crippen LogP contribution is 2.31. The van der Waals surface area contributed by atoms with Crippen molar-refractivity contribution in [2.45, 2.75) is 48.0 Å². The van der Waals surface area contributed by atoms with Gasteiger partial charge < -0.3 is 4.42 Å². The summed E-state index contributed by atoms with van der Waals surface area (Å²) in [6.45, 7) is 16.1. The molecular weight excluding hydrogens is 244 g/mol. The monoisotopic (exact) mass is 272 g/mol. The normalized spacial score (nSPS) is 10.2. The van der Waals surface area contributed by atoms with Crippen molar-refractivity contribution in [2.24, 2.45) is 0 Å². The van der Waals surface area contributed by atoms with Gasteiger partial charge in [0.05, 0.1) is 0 Å². The van der Waals surface area contributed by atoms with Gasteiger partial charge in [0.25, 0.3) is 0 Å². The van der Waals surface area contributed by atoms with Crippen LogP contribution >= 0.6 is 0 Å². The molecule has 1 aromatic heterocycles. The van der Waals surface area contributed by atoms with Crippen LogP contribution in [0, 0.1) is 0 Å². The first-order valence-electron chi connectivity index (χ1n) is 7.59. The summed E-state index contributed by atoms with van der Waals surface area (Å²) in [6.07, 6.45) is 5.05. The van der Waals surface area contributed by atoms with Gasteiger partial charge in [-0.25, -0.2) is 0 Å². The molecule has 0 aliphatic heterocycles. The van der Waals surface area contributed by atoms with E-state index in [-0.39, 0.29) is 0 Å². The molecule has 0 saturated heterocycles. The smallest absolute Gasteiger partial charge is 0.137 e. The first kappa shape index (κ1) is 18.2. The van der Waals surface area contributed by atoms with Crippen molar-refractivity contribution in [1.82, 2.24) is 0 Å². The summed E-state index contributed by atoms with van der Waals surface area (Å²) in [7, 11) is 0. The first-order valence-corrected chi connectivity index (χ1v) is 7.59. The van der Waals surface area contributed by atoms with E-state index < -0.39 is 0 Å². The van der Waals surface area contributed by atoms with Crippen LogP contribution in [0.4, 0.5) is 0 Å². The van der Waals surface area contributed by atoms with Gasteiger partial charge in [-0.05, 0) is 25.0 Å². The van der Waals surface area contributed by atoms with Gasteiger partial charge in [0.15, 0.2) is 0 Å². The van der Waals surface area contributed by atoms with Gasteiger partial charge >= 0.3 is 0 Å². The van der Waals surface area contributed by atoms with Crippen LogP contribution in [0.25, 0.3) is 22.6 Å². The number of allylic oxidation sites excluding steroid dienone is 2. The first-order chi connectivity index (χ1) is 9.77. The van der Waals surface area contributed by atoms with Crippen LogP contribution in [0.1, 0.15) is 59.3 Å². The predicted octanol–water partition coefficient (Wildman–Crippen LogP) is 6.94. The van der Waals surface area contributed by atoms with Gasteiger partial charge in [-0.2, -0.15) is 0 Å². The Kier molecular flexibility index (Phi) is 9.19. The zero-order valence-electron chi connectivity index (χ0n) is 13.8. The lowest BCUT2D eigenvalue weighted by molar-refractivity contribution is 0.598. The Hall–Kier alpha value is -1.76. The van der Waals surface area contributed by atoms with Gasteiger partial charge in [-0.3, -0.25) is 0 Å². The number of para-hydroxylation sites is 1. The van der Waals surface area contributed by atoms with Crippen LogP contribution in [0.5, 0.6) is 0 Å². The summed E-state index contributed by atoms with van der Waals surface area (Å²) < 4.78 is 5.86. The lowest BCUT2D eigenvalue weighted by Crippen LogP contribution is -1.79. The van der Waals surface area contributed by atoms with E-state index >= 15 is 0 Å². The molecule has 0 aliphatic rings. The van der Waals surface area contributed by atoms with E-state index in [0.717, 1.165) is 28.7 Å². The van der Waals surface area contributed by atoms with E-state index in [2.05, 4.69) is 32.6 Å². The molecule has 110 valence electrons. The fourth-order valence-corrected chi connectivity index (χ4v) is 1.96. The SMILES string of the molecule is C=Cc1c(/C(C)=C\CC)oc2ccccc12.CC.CC. The summed E-state index contributed by atoms with van der Waals surface area (Å²) in [5.41, 5.74) is 3.20. The molecule has 0 N–H and O–H groups in total. The van der Waals surface area contributed by atoms with E-state index in [1.165, 1.54) is 5.57 Å². The molecule has 1 nitrogen and oxygen atoms in total. The Bertz CT molecular complexity index is 544. The third-order valence-electron chi connectivity index (χ3n) is 2.71. The molecule has 0 atom stereocenters. The Labute approximate surface area is 124 Å². The number of furan rings is 1. The van der Waals surface area contributed by atoms with Crippen LogP contribution in [-0.4, -0.2) is 0 Å². The standard InChI is InChI=1S/C15H16O.2C2H6/c1-4-8-11(3)15-12(5-2)13-9-6-7-10-14(13)16-15;2*1-2/h5-10H,2,4H2,1,3H3;2*1-2H3/b11-8-;;. The molecule has 2 aromatic rings. The fourth-order valence-electron chi connectivity index (χ4n) is 1.96. The molecule has 0 amide bonds. The second-order valence-electron chi connectivity index (χ2n) is 3.84. The average Bonchev–Trinajstić information content (AvgIpc) is 2.90. The van der Waals surface area contributed by atoms with Crippen molar-refractivity contribution >= 4 is 22.6 Å². The zero-order chi connectivity index (χ0) is 15.5. The molecule has 0 radical (unpaired) electrons. The Morgan fingerprint density at radius 1 is 1.15 bits per heavy atom. The average molecular weight is 272 g/mol. The minimum absolute atomic E-state index is 0.927. The molecule has 1 heterocycles. The van der Waals surface area contributed by atoms with E-state index in [4.69, 9.17) is 4.42 Å². The summed E-state index contributed by atoms with van der Waals surface area (Å²) in [5, 5.41) is 1.14. The van der Waals surface area contributed by atoms with E-state index in [9.17, 15) is 0 Å². The van der Waals surface area contributed by atoms with E-state index in [1.54, 1.807) is 0 Å². The fraction of sp³-hybridized carbons (Fsp3) is 0.368. The molecular formula is C19H28O. The molecule has 0 saturated carbocycles. The Morgan fingerprint density at radius 2 is 1.75 bits per heavy atom. The molecule has 0 bridgehead atoms. The largest absolute Gasteiger partial charge is 0.456 e. The minimum atomic E-state index is 0.927. The van der Waals surface area contributed by atoms with Crippen molar-refractivity contribution < 1.29 is 4.42 Å². The molecule has 0 aliphatic carbocycles. The van der Waals surface area contributed by atoms with Crippen molar-refractivity contribution in [3.8, 4) is 0 Å². The summed E-state index contributed by atoms with van der Waals surface area (Å²) in [4.78, 5) is 0. The van der Waals surface area contributed by atoms with Crippen molar-refractivity contribution in [2.75, 3.05) is 0 Å². The van der Waals surface area contributed by atoms with Crippen LogP contribution < -0.4 is 0 Å². The third kappa shape index (κ3) is 4.12. The maximum Gasteiger partial charge on any atom is 0.137 e. The topological polar surface area (TPSA) is 13.1 Å². The highest BCUT2D eigenvalue weighted by Gasteiger charge is 2.11. The van der Waals surface area contributed by atoms with Gasteiger partial charge in [-0.15, -0.1) is 0 Å². The van der Waals surface area contributed by atoms with E-state index in [1.807, 2.05) is 52.0 Å². The third-order valence-corrected chi connectivity index (χ3v) is 2.71. The van der Waals surface area contributed by atoms with Gasteiger partial charge in [-0.1, -0.05) is 71.5 Å². The van der Waals surface area contributed by atoms with Crippen LogP contribution in [0.15, 0.2) is 41.3 Å². The number of rotatable bonds is 3. The van der Waals surface area contributed by atoms with Gasteiger partial charge in [0.2, 0.25) is 0 Å². The maximum absolute atomic E-state index is 5.86. The number of fused-ring (bicyclic) bond motifs is 1. The molecule has 1 heteroatoms. The van der Waals surface area contributed by atoms with Gasteiger partial charge in [0.1, 0.15) is 11.3 Å². The lowest BCUT2D eigenvalue weighted by Gasteiger charge is -1.97. The quantitative estimate of drug-likeness (QED) is 0.589. The van der Waals surface area contributed by atoms with Crippen LogP contribution in [-0.2, 0) is 0 Å². The number of benzene rings is 1. The summed E-state index contributed by atoms with van der Waals surface area (Å²) in [6, 6.07) is 8.07. The van der Waals surface area contributed by atoms with Crippen molar-refractivity contribution in [3.63, 3.8) is 0 Å². The molecule has 1 aromatic carbocycles. The predicted molar refractivity (Wildman–Crippen MR) is 92.9 cm³/mol. The maximum atomic E-state index is 5.86. The van der Waals surface area contributed by atoms with Gasteiger partial charge in [0, 0.05) is 10.9 Å². The molecule has 0 spiro atoms. The van der Waals surface area contributed by atoms with Crippen LogP contribution in [0.2, 0.25) is 0 Å². The molecule has 0 fully saturated rings. The second kappa shape index (κ2) is 10.1. The highest BCUT2D eigenvalue weighted by atomic mass is 16.3. The lowest BCUT2D eigenvalue weighted by atomic mass is 10.1. The number of hydrogen-bond donors (Lipinski definition) is 0.